The summed E-state index contributed by atoms with van der Waals surface area (Å²) in [5.74, 6) is -0.967. The van der Waals surface area contributed by atoms with Gasteiger partial charge < -0.3 is 15.7 Å². The Morgan fingerprint density at radius 1 is 1.28 bits per heavy atom. The maximum atomic E-state index is 11.4. The van der Waals surface area contributed by atoms with Crippen LogP contribution < -0.4 is 10.6 Å². The highest BCUT2D eigenvalue weighted by Gasteiger charge is 2.05. The van der Waals surface area contributed by atoms with E-state index in [4.69, 9.17) is 5.11 Å². The molecule has 0 spiro atoms. The Kier molecular flexibility index (Phi) is 3.37. The molecule has 94 valence electrons. The SMILES string of the molecule is O=C(O)CCNC(=O)Nc1ccc2nonc2c1. The number of hydrogen-bond donors (Lipinski definition) is 3. The Hall–Kier alpha value is -2.64. The summed E-state index contributed by atoms with van der Waals surface area (Å²) >= 11 is 0. The van der Waals surface area contributed by atoms with E-state index in [-0.39, 0.29) is 13.0 Å². The molecular weight excluding hydrogens is 240 g/mol. The van der Waals surface area contributed by atoms with Gasteiger partial charge in [-0.2, -0.15) is 0 Å². The van der Waals surface area contributed by atoms with Crippen LogP contribution in [0.1, 0.15) is 6.42 Å². The van der Waals surface area contributed by atoms with Crippen LogP contribution >= 0.6 is 0 Å². The molecule has 0 unspecified atom stereocenters. The second-order valence-corrected chi connectivity index (χ2v) is 3.49. The highest BCUT2D eigenvalue weighted by atomic mass is 16.6. The number of aromatic nitrogens is 2. The van der Waals surface area contributed by atoms with E-state index < -0.39 is 12.0 Å². The second-order valence-electron chi connectivity index (χ2n) is 3.49. The monoisotopic (exact) mass is 250 g/mol. The summed E-state index contributed by atoms with van der Waals surface area (Å²) in [7, 11) is 0. The zero-order chi connectivity index (χ0) is 13.0. The fourth-order valence-corrected chi connectivity index (χ4v) is 1.32. The van der Waals surface area contributed by atoms with Crippen LogP contribution in [0, 0.1) is 0 Å². The van der Waals surface area contributed by atoms with E-state index in [1.54, 1.807) is 18.2 Å². The molecule has 0 aliphatic heterocycles. The van der Waals surface area contributed by atoms with Crippen molar-refractivity contribution in [3.8, 4) is 0 Å². The average molecular weight is 250 g/mol. The summed E-state index contributed by atoms with van der Waals surface area (Å²) < 4.78 is 4.52. The fraction of sp³-hybridized carbons (Fsp3) is 0.200. The van der Waals surface area contributed by atoms with Gasteiger partial charge in [0, 0.05) is 12.2 Å². The van der Waals surface area contributed by atoms with Gasteiger partial charge in [-0.3, -0.25) is 4.79 Å². The van der Waals surface area contributed by atoms with Gasteiger partial charge in [0.15, 0.2) is 0 Å². The maximum absolute atomic E-state index is 11.4. The summed E-state index contributed by atoms with van der Waals surface area (Å²) in [4.78, 5) is 21.7. The molecule has 2 rings (SSSR count). The summed E-state index contributed by atoms with van der Waals surface area (Å²) in [5, 5.41) is 20.6. The van der Waals surface area contributed by atoms with Crippen LogP contribution in [0.2, 0.25) is 0 Å². The van der Waals surface area contributed by atoms with Crippen LogP contribution in [0.5, 0.6) is 0 Å². The number of carbonyl (C=O) groups excluding carboxylic acids is 1. The minimum atomic E-state index is -0.967. The van der Waals surface area contributed by atoms with Crippen molar-refractivity contribution in [2.24, 2.45) is 0 Å². The van der Waals surface area contributed by atoms with E-state index in [2.05, 4.69) is 25.6 Å². The highest BCUT2D eigenvalue weighted by molar-refractivity contribution is 5.91. The van der Waals surface area contributed by atoms with E-state index in [0.29, 0.717) is 16.7 Å². The number of carboxylic acid groups (broad SMARTS) is 1. The quantitative estimate of drug-likeness (QED) is 0.739. The zero-order valence-electron chi connectivity index (χ0n) is 9.21. The lowest BCUT2D eigenvalue weighted by Gasteiger charge is -2.05. The number of carbonyl (C=O) groups is 2. The second kappa shape index (κ2) is 5.13. The third-order valence-corrected chi connectivity index (χ3v) is 2.14. The molecule has 0 bridgehead atoms. The number of nitrogens with one attached hydrogen (secondary N) is 2. The number of hydrogen-bond acceptors (Lipinski definition) is 5. The first-order valence-electron chi connectivity index (χ1n) is 5.14. The summed E-state index contributed by atoms with van der Waals surface area (Å²) in [6.07, 6.45) is -0.125. The zero-order valence-corrected chi connectivity index (χ0v) is 9.21. The molecule has 0 atom stereocenters. The molecule has 1 heterocycles. The van der Waals surface area contributed by atoms with Crippen molar-refractivity contribution in [2.45, 2.75) is 6.42 Å². The number of anilines is 1. The molecule has 1 aromatic heterocycles. The van der Waals surface area contributed by atoms with Gasteiger partial charge in [0.1, 0.15) is 11.0 Å². The number of carboxylic acids is 1. The Morgan fingerprint density at radius 3 is 2.83 bits per heavy atom. The summed E-state index contributed by atoms with van der Waals surface area (Å²) in [5.41, 5.74) is 1.64. The lowest BCUT2D eigenvalue weighted by atomic mass is 10.3. The topological polar surface area (TPSA) is 117 Å². The van der Waals surface area contributed by atoms with Crippen molar-refractivity contribution in [1.82, 2.24) is 15.6 Å². The number of amides is 2. The van der Waals surface area contributed by atoms with Crippen molar-refractivity contribution >= 4 is 28.7 Å². The molecular formula is C10H10N4O4. The van der Waals surface area contributed by atoms with Crippen molar-refractivity contribution in [2.75, 3.05) is 11.9 Å². The first kappa shape index (κ1) is 11.8. The molecule has 0 saturated heterocycles. The Balaban J connectivity index is 1.91. The average Bonchev–Trinajstić information content (AvgIpc) is 2.75. The lowest BCUT2D eigenvalue weighted by Crippen LogP contribution is -2.30. The van der Waals surface area contributed by atoms with Crippen LogP contribution in [-0.4, -0.2) is 34.0 Å². The van der Waals surface area contributed by atoms with Gasteiger partial charge in [-0.1, -0.05) is 0 Å². The molecule has 0 aliphatic rings. The van der Waals surface area contributed by atoms with Gasteiger partial charge in [0.05, 0.1) is 6.42 Å². The molecule has 3 N–H and O–H groups in total. The van der Waals surface area contributed by atoms with E-state index in [9.17, 15) is 9.59 Å². The van der Waals surface area contributed by atoms with Gasteiger partial charge in [0.2, 0.25) is 0 Å². The van der Waals surface area contributed by atoms with E-state index in [0.717, 1.165) is 0 Å². The normalized spacial score (nSPS) is 10.2. The predicted octanol–water partition coefficient (Wildman–Crippen LogP) is 0.819. The van der Waals surface area contributed by atoms with Crippen molar-refractivity contribution in [3.05, 3.63) is 18.2 Å². The minimum Gasteiger partial charge on any atom is -0.481 e. The third kappa shape index (κ3) is 2.94. The van der Waals surface area contributed by atoms with Gasteiger partial charge in [-0.05, 0) is 28.5 Å². The van der Waals surface area contributed by atoms with E-state index >= 15 is 0 Å². The van der Waals surface area contributed by atoms with Crippen molar-refractivity contribution in [1.29, 1.82) is 0 Å². The molecule has 18 heavy (non-hydrogen) atoms. The van der Waals surface area contributed by atoms with Crippen molar-refractivity contribution in [3.63, 3.8) is 0 Å². The molecule has 8 nitrogen and oxygen atoms in total. The number of benzene rings is 1. The molecule has 0 radical (unpaired) electrons. The van der Waals surface area contributed by atoms with Crippen LogP contribution in [0.4, 0.5) is 10.5 Å². The number of nitrogens with zero attached hydrogens (tertiary/aromatic N) is 2. The van der Waals surface area contributed by atoms with Gasteiger partial charge in [-0.15, -0.1) is 0 Å². The summed E-state index contributed by atoms with van der Waals surface area (Å²) in [6, 6.07) is 4.41. The summed E-state index contributed by atoms with van der Waals surface area (Å²) in [6.45, 7) is 0.0644. The Morgan fingerprint density at radius 2 is 2.06 bits per heavy atom. The Labute approximate surface area is 101 Å². The minimum absolute atomic E-state index is 0.0644. The van der Waals surface area contributed by atoms with Crippen LogP contribution in [0.15, 0.2) is 22.8 Å². The molecule has 1 aromatic carbocycles. The Bertz CT molecular complexity index is 580. The van der Waals surface area contributed by atoms with Gasteiger partial charge in [-0.25, -0.2) is 9.42 Å². The molecule has 0 saturated carbocycles. The molecule has 2 amide bonds. The smallest absolute Gasteiger partial charge is 0.319 e. The standard InChI is InChI=1S/C10H10N4O4/c15-9(16)3-4-11-10(17)12-6-1-2-7-8(5-6)14-18-13-7/h1-2,5H,3-4H2,(H,15,16)(H2,11,12,17). The molecule has 0 aliphatic carbocycles. The van der Waals surface area contributed by atoms with E-state index in [1.807, 2.05) is 0 Å². The largest absolute Gasteiger partial charge is 0.481 e. The van der Waals surface area contributed by atoms with Crippen LogP contribution in [0.25, 0.3) is 11.0 Å². The van der Waals surface area contributed by atoms with Gasteiger partial charge >= 0.3 is 12.0 Å². The molecule has 8 heteroatoms. The van der Waals surface area contributed by atoms with Crippen molar-refractivity contribution < 1.29 is 19.3 Å². The fourth-order valence-electron chi connectivity index (χ4n) is 1.32. The lowest BCUT2D eigenvalue weighted by molar-refractivity contribution is -0.136. The third-order valence-electron chi connectivity index (χ3n) is 2.14. The first-order chi connectivity index (χ1) is 8.65. The van der Waals surface area contributed by atoms with E-state index in [1.165, 1.54) is 0 Å². The van der Waals surface area contributed by atoms with Crippen LogP contribution in [0.3, 0.4) is 0 Å². The number of urea groups is 1. The van der Waals surface area contributed by atoms with Crippen LogP contribution in [-0.2, 0) is 4.79 Å². The maximum Gasteiger partial charge on any atom is 0.319 e. The number of rotatable bonds is 4. The molecule has 2 aromatic rings. The number of fused-ring (bicyclic) bond motifs is 1. The predicted molar refractivity (Wildman–Crippen MR) is 61.1 cm³/mol. The van der Waals surface area contributed by atoms with Gasteiger partial charge in [0.25, 0.3) is 0 Å². The first-order valence-corrected chi connectivity index (χ1v) is 5.14. The number of aliphatic carboxylic acids is 1. The highest BCUT2D eigenvalue weighted by Crippen LogP contribution is 2.15. The molecule has 0 fully saturated rings.